The van der Waals surface area contributed by atoms with Gasteiger partial charge in [0.15, 0.2) is 15.0 Å². The van der Waals surface area contributed by atoms with Gasteiger partial charge in [-0.2, -0.15) is 0 Å². The van der Waals surface area contributed by atoms with Crippen molar-refractivity contribution in [2.45, 2.75) is 30.3 Å². The second-order valence-corrected chi connectivity index (χ2v) is 8.35. The van der Waals surface area contributed by atoms with Gasteiger partial charge in [0.1, 0.15) is 0 Å². The second kappa shape index (κ2) is 5.94. The molecule has 0 spiro atoms. The minimum atomic E-state index is -3.25. The molecule has 1 fully saturated rings. The smallest absolute Gasteiger partial charge is 0.228 e. The van der Waals surface area contributed by atoms with Crippen LogP contribution in [0.25, 0.3) is 10.2 Å². The molecule has 0 bridgehead atoms. The van der Waals surface area contributed by atoms with Gasteiger partial charge in [0.05, 0.1) is 27.6 Å². The van der Waals surface area contributed by atoms with E-state index < -0.39 is 9.84 Å². The first-order valence-electron chi connectivity index (χ1n) is 6.94. The van der Waals surface area contributed by atoms with Gasteiger partial charge in [0.25, 0.3) is 0 Å². The Kier molecular flexibility index (Phi) is 4.16. The molecule has 1 amide bonds. The third-order valence-electron chi connectivity index (χ3n) is 3.47. The molecule has 0 aliphatic carbocycles. The van der Waals surface area contributed by atoms with Crippen LogP contribution in [-0.2, 0) is 19.4 Å². The molecule has 1 N–H and O–H groups in total. The number of fused-ring (bicyclic) bond motifs is 1. The van der Waals surface area contributed by atoms with Crippen LogP contribution in [0.3, 0.4) is 0 Å². The highest BCUT2D eigenvalue weighted by molar-refractivity contribution is 7.90. The number of carbonyl (C=O) groups excluding carboxylic acids is 1. The lowest BCUT2D eigenvalue weighted by atomic mass is 10.2. The van der Waals surface area contributed by atoms with E-state index in [1.807, 2.05) is 0 Å². The standard InChI is InChI=1S/C14H16N2O4S2/c1-22(18,19)10-4-5-11-12(8-10)21-14(15-11)16-13(17)7-9-3-2-6-20-9/h4-5,8-9H,2-3,6-7H2,1H3,(H,15,16,17). The Morgan fingerprint density at radius 2 is 2.32 bits per heavy atom. The van der Waals surface area contributed by atoms with E-state index in [4.69, 9.17) is 4.74 Å². The molecule has 1 aliphatic heterocycles. The number of amides is 1. The molecular weight excluding hydrogens is 324 g/mol. The largest absolute Gasteiger partial charge is 0.378 e. The first kappa shape index (κ1) is 15.4. The van der Waals surface area contributed by atoms with Crippen LogP contribution in [0, 0.1) is 0 Å². The Labute approximate surface area is 132 Å². The molecule has 2 aromatic rings. The Morgan fingerprint density at radius 3 is 3.00 bits per heavy atom. The van der Waals surface area contributed by atoms with E-state index in [-0.39, 0.29) is 16.9 Å². The molecule has 8 heteroatoms. The zero-order chi connectivity index (χ0) is 15.7. The van der Waals surface area contributed by atoms with Gasteiger partial charge in [-0.25, -0.2) is 13.4 Å². The molecule has 1 aliphatic rings. The van der Waals surface area contributed by atoms with Crippen molar-refractivity contribution in [3.63, 3.8) is 0 Å². The Hall–Kier alpha value is -1.51. The minimum Gasteiger partial charge on any atom is -0.378 e. The summed E-state index contributed by atoms with van der Waals surface area (Å²) in [6.07, 6.45) is 3.38. The number of hydrogen-bond donors (Lipinski definition) is 1. The van der Waals surface area contributed by atoms with Crippen LogP contribution in [0.5, 0.6) is 0 Å². The number of benzene rings is 1. The van der Waals surface area contributed by atoms with E-state index in [0.717, 1.165) is 17.5 Å². The van der Waals surface area contributed by atoms with Gasteiger partial charge >= 0.3 is 0 Å². The Bertz CT molecular complexity index is 807. The average Bonchev–Trinajstić information content (AvgIpc) is 3.04. The van der Waals surface area contributed by atoms with E-state index in [1.165, 1.54) is 23.7 Å². The van der Waals surface area contributed by atoms with E-state index in [2.05, 4.69) is 10.3 Å². The lowest BCUT2D eigenvalue weighted by Gasteiger charge is -2.07. The number of rotatable bonds is 4. The molecule has 118 valence electrons. The summed E-state index contributed by atoms with van der Waals surface area (Å²) in [5, 5.41) is 3.23. The molecule has 1 saturated heterocycles. The van der Waals surface area contributed by atoms with E-state index in [9.17, 15) is 13.2 Å². The summed E-state index contributed by atoms with van der Waals surface area (Å²) in [7, 11) is -3.25. The van der Waals surface area contributed by atoms with Gasteiger partial charge in [0, 0.05) is 12.9 Å². The molecule has 22 heavy (non-hydrogen) atoms. The van der Waals surface area contributed by atoms with Crippen LogP contribution < -0.4 is 5.32 Å². The summed E-state index contributed by atoms with van der Waals surface area (Å²) in [5.41, 5.74) is 0.671. The first-order valence-corrected chi connectivity index (χ1v) is 9.65. The second-order valence-electron chi connectivity index (χ2n) is 5.31. The zero-order valence-electron chi connectivity index (χ0n) is 12.0. The number of nitrogens with one attached hydrogen (secondary N) is 1. The lowest BCUT2D eigenvalue weighted by molar-refractivity contribution is -0.118. The minimum absolute atomic E-state index is 0.00813. The molecular formula is C14H16N2O4S2. The zero-order valence-corrected chi connectivity index (χ0v) is 13.7. The number of anilines is 1. The molecule has 6 nitrogen and oxygen atoms in total. The van der Waals surface area contributed by atoms with Crippen LogP contribution in [0.1, 0.15) is 19.3 Å². The molecule has 3 rings (SSSR count). The summed E-state index contributed by atoms with van der Waals surface area (Å²) < 4.78 is 29.3. The van der Waals surface area contributed by atoms with Crippen molar-refractivity contribution in [1.82, 2.24) is 4.98 Å². The lowest BCUT2D eigenvalue weighted by Crippen LogP contribution is -2.19. The molecule has 1 unspecified atom stereocenters. The molecule has 2 heterocycles. The van der Waals surface area contributed by atoms with Crippen molar-refractivity contribution in [2.24, 2.45) is 0 Å². The van der Waals surface area contributed by atoms with Gasteiger partial charge in [-0.05, 0) is 31.0 Å². The normalized spacial score (nSPS) is 18.7. The van der Waals surface area contributed by atoms with E-state index in [0.29, 0.717) is 23.7 Å². The van der Waals surface area contributed by atoms with E-state index in [1.54, 1.807) is 12.1 Å². The highest BCUT2D eigenvalue weighted by Crippen LogP contribution is 2.28. The molecule has 0 saturated carbocycles. The van der Waals surface area contributed by atoms with Crippen LogP contribution >= 0.6 is 11.3 Å². The average molecular weight is 340 g/mol. The summed E-state index contributed by atoms with van der Waals surface area (Å²) in [5.74, 6) is -0.130. The van der Waals surface area contributed by atoms with Crippen LogP contribution in [0.4, 0.5) is 5.13 Å². The number of sulfone groups is 1. The Balaban J connectivity index is 1.75. The van der Waals surface area contributed by atoms with Crippen molar-refractivity contribution >= 4 is 42.4 Å². The van der Waals surface area contributed by atoms with Gasteiger partial charge in [-0.3, -0.25) is 4.79 Å². The van der Waals surface area contributed by atoms with Crippen molar-refractivity contribution in [1.29, 1.82) is 0 Å². The molecule has 1 aromatic carbocycles. The third kappa shape index (κ3) is 3.45. The maximum Gasteiger partial charge on any atom is 0.228 e. The van der Waals surface area contributed by atoms with Gasteiger partial charge in [-0.15, -0.1) is 0 Å². The van der Waals surface area contributed by atoms with Crippen molar-refractivity contribution in [2.75, 3.05) is 18.2 Å². The fourth-order valence-electron chi connectivity index (χ4n) is 2.37. The van der Waals surface area contributed by atoms with Gasteiger partial charge in [-0.1, -0.05) is 11.3 Å². The van der Waals surface area contributed by atoms with Crippen molar-refractivity contribution in [3.8, 4) is 0 Å². The fourth-order valence-corrected chi connectivity index (χ4v) is 4.01. The topological polar surface area (TPSA) is 85.4 Å². The quantitative estimate of drug-likeness (QED) is 0.922. The molecule has 1 aromatic heterocycles. The number of carbonyl (C=O) groups is 1. The van der Waals surface area contributed by atoms with E-state index >= 15 is 0 Å². The van der Waals surface area contributed by atoms with Gasteiger partial charge < -0.3 is 10.1 Å². The van der Waals surface area contributed by atoms with Crippen LogP contribution in [0.15, 0.2) is 23.1 Å². The number of aromatic nitrogens is 1. The molecule has 1 atom stereocenters. The highest BCUT2D eigenvalue weighted by atomic mass is 32.2. The van der Waals surface area contributed by atoms with Crippen molar-refractivity contribution in [3.05, 3.63) is 18.2 Å². The summed E-state index contributed by atoms with van der Waals surface area (Å²) >= 11 is 1.27. The van der Waals surface area contributed by atoms with Crippen molar-refractivity contribution < 1.29 is 17.9 Å². The summed E-state index contributed by atoms with van der Waals surface area (Å²) in [6, 6.07) is 4.76. The third-order valence-corrected chi connectivity index (χ3v) is 5.52. The number of ether oxygens (including phenoxy) is 1. The maximum absolute atomic E-state index is 12.0. The summed E-state index contributed by atoms with van der Waals surface area (Å²) in [4.78, 5) is 16.5. The van der Waals surface area contributed by atoms with Gasteiger partial charge in [0.2, 0.25) is 5.91 Å². The highest BCUT2D eigenvalue weighted by Gasteiger charge is 2.20. The SMILES string of the molecule is CS(=O)(=O)c1ccc2nc(NC(=O)CC3CCCO3)sc2c1. The van der Waals surface area contributed by atoms with Crippen LogP contribution in [-0.4, -0.2) is 38.3 Å². The Morgan fingerprint density at radius 1 is 1.50 bits per heavy atom. The predicted octanol–water partition coefficient (Wildman–Crippen LogP) is 2.21. The number of nitrogens with zero attached hydrogens (tertiary/aromatic N) is 1. The number of thiazole rings is 1. The number of hydrogen-bond acceptors (Lipinski definition) is 6. The summed E-state index contributed by atoms with van der Waals surface area (Å²) in [6.45, 7) is 0.716. The predicted molar refractivity (Wildman–Crippen MR) is 85.0 cm³/mol. The maximum atomic E-state index is 12.0. The first-order chi connectivity index (χ1) is 10.4. The van der Waals surface area contributed by atoms with Crippen LogP contribution in [0.2, 0.25) is 0 Å². The molecule has 0 radical (unpaired) electrons. The monoisotopic (exact) mass is 340 g/mol. The fraction of sp³-hybridized carbons (Fsp3) is 0.429.